The first-order valence-electron chi connectivity index (χ1n) is 11.4. The third-order valence-corrected chi connectivity index (χ3v) is 6.57. The van der Waals surface area contributed by atoms with Crippen LogP contribution < -0.4 is 15.4 Å². The molecule has 1 amide bonds. The molecule has 0 saturated carbocycles. The molecule has 8 heteroatoms. The molecule has 1 aromatic heterocycles. The van der Waals surface area contributed by atoms with E-state index in [1.807, 2.05) is 61.7 Å². The number of aryl methyl sites for hydroxylation is 2. The smallest absolute Gasteiger partial charge is 0.341 e. The standard InChI is InChI=1S/C27H30N2O4S2/c1-6-32-26(31)24-21(19-12-11-17(4)18(5)13-19)15-35-25(24)29-27(34)28-23(30)14-33-22-10-8-7-9-20(22)16(2)3/h7-13,15-16H,6,14H2,1-5H3,(H2,28,29,30,34). The quantitative estimate of drug-likeness (QED) is 0.277. The molecular weight excluding hydrogens is 480 g/mol. The Hall–Kier alpha value is -3.23. The van der Waals surface area contributed by atoms with E-state index in [0.29, 0.717) is 16.3 Å². The molecule has 0 saturated heterocycles. The normalized spacial score (nSPS) is 10.7. The molecule has 6 nitrogen and oxygen atoms in total. The molecule has 0 spiro atoms. The molecule has 0 bridgehead atoms. The first-order valence-corrected chi connectivity index (χ1v) is 12.7. The molecular formula is C27H30N2O4S2. The van der Waals surface area contributed by atoms with Crippen molar-refractivity contribution in [1.82, 2.24) is 5.32 Å². The lowest BCUT2D eigenvalue weighted by Gasteiger charge is -2.14. The predicted octanol–water partition coefficient (Wildman–Crippen LogP) is 6.22. The SMILES string of the molecule is CCOC(=O)c1c(-c2ccc(C)c(C)c2)csc1NC(=S)NC(=O)COc1ccccc1C(C)C. The summed E-state index contributed by atoms with van der Waals surface area (Å²) in [4.78, 5) is 25.3. The Labute approximate surface area is 215 Å². The second kappa shape index (κ2) is 12.0. The van der Waals surface area contributed by atoms with Gasteiger partial charge in [0.05, 0.1) is 6.61 Å². The van der Waals surface area contributed by atoms with Gasteiger partial charge in [0.25, 0.3) is 5.91 Å². The molecule has 0 unspecified atom stereocenters. The van der Waals surface area contributed by atoms with Gasteiger partial charge in [-0.1, -0.05) is 50.2 Å². The maximum Gasteiger partial charge on any atom is 0.341 e. The number of amides is 1. The Kier molecular flexibility index (Phi) is 9.01. The lowest BCUT2D eigenvalue weighted by Crippen LogP contribution is -2.37. The minimum Gasteiger partial charge on any atom is -0.483 e. The van der Waals surface area contributed by atoms with E-state index in [-0.39, 0.29) is 24.2 Å². The molecule has 2 aromatic carbocycles. The van der Waals surface area contributed by atoms with Crippen molar-refractivity contribution in [3.63, 3.8) is 0 Å². The van der Waals surface area contributed by atoms with Crippen molar-refractivity contribution in [2.24, 2.45) is 0 Å². The first kappa shape index (κ1) is 26.4. The summed E-state index contributed by atoms with van der Waals surface area (Å²) in [6, 6.07) is 13.7. The summed E-state index contributed by atoms with van der Waals surface area (Å²) < 4.78 is 11.0. The van der Waals surface area contributed by atoms with E-state index >= 15 is 0 Å². The zero-order valence-electron chi connectivity index (χ0n) is 20.6. The van der Waals surface area contributed by atoms with Crippen LogP contribution in [0.25, 0.3) is 11.1 Å². The summed E-state index contributed by atoms with van der Waals surface area (Å²) in [7, 11) is 0. The molecule has 2 N–H and O–H groups in total. The number of ether oxygens (including phenoxy) is 2. The van der Waals surface area contributed by atoms with Crippen molar-refractivity contribution >= 4 is 45.5 Å². The number of rotatable bonds is 8. The van der Waals surface area contributed by atoms with Crippen LogP contribution in [0.1, 0.15) is 53.7 Å². The number of carbonyl (C=O) groups is 2. The average molecular weight is 511 g/mol. The van der Waals surface area contributed by atoms with Gasteiger partial charge in [0.15, 0.2) is 11.7 Å². The Morgan fingerprint density at radius 3 is 2.51 bits per heavy atom. The van der Waals surface area contributed by atoms with E-state index in [1.54, 1.807) is 6.92 Å². The number of thiophene rings is 1. The Morgan fingerprint density at radius 1 is 1.09 bits per heavy atom. The van der Waals surface area contributed by atoms with Crippen molar-refractivity contribution in [2.75, 3.05) is 18.5 Å². The number of anilines is 1. The van der Waals surface area contributed by atoms with Crippen LogP contribution in [-0.2, 0) is 9.53 Å². The number of carbonyl (C=O) groups excluding carboxylic acids is 2. The van der Waals surface area contributed by atoms with Gasteiger partial charge in [-0.25, -0.2) is 4.79 Å². The minimum atomic E-state index is -0.452. The number of para-hydroxylation sites is 1. The van der Waals surface area contributed by atoms with Gasteiger partial charge >= 0.3 is 5.97 Å². The van der Waals surface area contributed by atoms with Gasteiger partial charge in [-0.3, -0.25) is 10.1 Å². The summed E-state index contributed by atoms with van der Waals surface area (Å²) >= 11 is 6.67. The monoisotopic (exact) mass is 510 g/mol. The first-order chi connectivity index (χ1) is 16.7. The molecule has 3 aromatic rings. The van der Waals surface area contributed by atoms with Crippen LogP contribution in [0.4, 0.5) is 5.00 Å². The lowest BCUT2D eigenvalue weighted by molar-refractivity contribution is -0.121. The number of benzene rings is 2. The zero-order valence-corrected chi connectivity index (χ0v) is 22.2. The zero-order chi connectivity index (χ0) is 25.5. The number of esters is 1. The van der Waals surface area contributed by atoms with Gasteiger partial charge in [0.2, 0.25) is 0 Å². The fraction of sp³-hybridized carbons (Fsp3) is 0.296. The minimum absolute atomic E-state index is 0.0785. The van der Waals surface area contributed by atoms with E-state index in [4.69, 9.17) is 21.7 Å². The summed E-state index contributed by atoms with van der Waals surface area (Å²) in [5.41, 5.74) is 5.37. The molecule has 1 heterocycles. The van der Waals surface area contributed by atoms with Crippen LogP contribution in [0, 0.1) is 13.8 Å². The highest BCUT2D eigenvalue weighted by atomic mass is 32.1. The summed E-state index contributed by atoms with van der Waals surface area (Å²) in [6.45, 7) is 10.0. The summed E-state index contributed by atoms with van der Waals surface area (Å²) in [5, 5.41) is 8.08. The van der Waals surface area contributed by atoms with E-state index in [1.165, 1.54) is 16.9 Å². The van der Waals surface area contributed by atoms with Crippen LogP contribution in [0.3, 0.4) is 0 Å². The summed E-state index contributed by atoms with van der Waals surface area (Å²) in [6.07, 6.45) is 0. The predicted molar refractivity (Wildman–Crippen MR) is 146 cm³/mol. The molecule has 0 aliphatic carbocycles. The van der Waals surface area contributed by atoms with Gasteiger partial charge in [-0.15, -0.1) is 11.3 Å². The fourth-order valence-electron chi connectivity index (χ4n) is 3.51. The Balaban J connectivity index is 1.72. The van der Waals surface area contributed by atoms with Crippen molar-refractivity contribution in [3.8, 4) is 16.9 Å². The molecule has 0 radical (unpaired) electrons. The van der Waals surface area contributed by atoms with Gasteiger partial charge in [-0.2, -0.15) is 0 Å². The number of hydrogen-bond acceptors (Lipinski definition) is 6. The Bertz CT molecular complexity index is 1230. The van der Waals surface area contributed by atoms with Crippen LogP contribution in [-0.4, -0.2) is 30.2 Å². The third-order valence-electron chi connectivity index (χ3n) is 5.47. The molecule has 0 aliphatic rings. The Morgan fingerprint density at radius 2 is 1.83 bits per heavy atom. The van der Waals surface area contributed by atoms with Crippen molar-refractivity contribution < 1.29 is 19.1 Å². The fourth-order valence-corrected chi connectivity index (χ4v) is 4.75. The maximum atomic E-state index is 12.8. The van der Waals surface area contributed by atoms with Gasteiger partial charge in [-0.05, 0) is 67.2 Å². The van der Waals surface area contributed by atoms with Crippen LogP contribution in [0.2, 0.25) is 0 Å². The number of hydrogen-bond donors (Lipinski definition) is 2. The second-order valence-corrected chi connectivity index (χ2v) is 9.64. The van der Waals surface area contributed by atoms with Gasteiger partial charge in [0.1, 0.15) is 16.3 Å². The van der Waals surface area contributed by atoms with E-state index in [9.17, 15) is 9.59 Å². The molecule has 0 fully saturated rings. The van der Waals surface area contributed by atoms with E-state index in [2.05, 4.69) is 24.5 Å². The van der Waals surface area contributed by atoms with Crippen molar-refractivity contribution in [2.45, 2.75) is 40.5 Å². The molecule has 35 heavy (non-hydrogen) atoms. The third kappa shape index (κ3) is 6.68. The molecule has 0 atom stereocenters. The van der Waals surface area contributed by atoms with Crippen molar-refractivity contribution in [1.29, 1.82) is 0 Å². The topological polar surface area (TPSA) is 76.7 Å². The van der Waals surface area contributed by atoms with Crippen molar-refractivity contribution in [3.05, 3.63) is 70.1 Å². The molecule has 0 aliphatic heterocycles. The van der Waals surface area contributed by atoms with Gasteiger partial charge in [0, 0.05) is 10.9 Å². The molecule has 184 valence electrons. The highest BCUT2D eigenvalue weighted by Crippen LogP contribution is 2.37. The van der Waals surface area contributed by atoms with E-state index in [0.717, 1.165) is 22.3 Å². The largest absolute Gasteiger partial charge is 0.483 e. The highest BCUT2D eigenvalue weighted by molar-refractivity contribution is 7.80. The van der Waals surface area contributed by atoms with Crippen LogP contribution >= 0.6 is 23.6 Å². The van der Waals surface area contributed by atoms with E-state index < -0.39 is 11.9 Å². The van der Waals surface area contributed by atoms with Gasteiger partial charge < -0.3 is 14.8 Å². The maximum absolute atomic E-state index is 12.8. The average Bonchev–Trinajstić information content (AvgIpc) is 3.23. The second-order valence-electron chi connectivity index (χ2n) is 8.36. The summed E-state index contributed by atoms with van der Waals surface area (Å²) in [5.74, 6) is 0.0815. The van der Waals surface area contributed by atoms with Crippen LogP contribution in [0.15, 0.2) is 47.8 Å². The number of thiocarbonyl (C=S) groups is 1. The molecule has 3 rings (SSSR count). The highest BCUT2D eigenvalue weighted by Gasteiger charge is 2.23. The number of nitrogens with one attached hydrogen (secondary N) is 2. The lowest BCUT2D eigenvalue weighted by atomic mass is 9.99. The van der Waals surface area contributed by atoms with Crippen LogP contribution in [0.5, 0.6) is 5.75 Å².